The van der Waals surface area contributed by atoms with E-state index in [0.29, 0.717) is 5.69 Å². The highest BCUT2D eigenvalue weighted by molar-refractivity contribution is 6.17. The Morgan fingerprint density at radius 2 is 2.13 bits per heavy atom. The second kappa shape index (κ2) is 6.88. The Morgan fingerprint density at radius 3 is 2.74 bits per heavy atom. The number of nitrogens with one attached hydrogen (secondary N) is 1. The molecular weight excluding hydrogens is 306 g/mol. The zero-order valence-electron chi connectivity index (χ0n) is 12.3. The van der Waals surface area contributed by atoms with Gasteiger partial charge in [-0.1, -0.05) is 0 Å². The molecule has 1 aromatic carbocycles. The maximum Gasteiger partial charge on any atom is 0.311 e. The molecule has 1 heterocycles. The van der Waals surface area contributed by atoms with Crippen LogP contribution in [0.15, 0.2) is 30.0 Å². The van der Waals surface area contributed by atoms with Crippen LogP contribution in [0.25, 0.3) is 0 Å². The molecule has 0 radical (unpaired) electrons. The summed E-state index contributed by atoms with van der Waals surface area (Å²) in [6.07, 6.45) is 1.11. The molecule has 2 amide bonds. The minimum Gasteiger partial charge on any atom is -0.487 e. The van der Waals surface area contributed by atoms with Crippen LogP contribution in [-0.2, 0) is 9.59 Å². The Labute approximate surface area is 131 Å². The first-order valence-electron chi connectivity index (χ1n) is 6.84. The number of β-amino-alcohol motifs (C(OH)–C–C–N with tert-alkyl or cyclic N) is 1. The van der Waals surface area contributed by atoms with Gasteiger partial charge in [0.2, 0.25) is 0 Å². The molecule has 0 saturated heterocycles. The lowest BCUT2D eigenvalue weighted by Gasteiger charge is -2.13. The van der Waals surface area contributed by atoms with Gasteiger partial charge < -0.3 is 15.2 Å². The number of aliphatic hydroxyl groups excluding tert-OH is 1. The molecule has 0 aliphatic carbocycles. The van der Waals surface area contributed by atoms with Crippen LogP contribution in [0.4, 0.5) is 11.4 Å². The van der Waals surface area contributed by atoms with Crippen molar-refractivity contribution in [2.24, 2.45) is 0 Å². The first kappa shape index (κ1) is 16.4. The lowest BCUT2D eigenvalue weighted by Crippen LogP contribution is -2.34. The predicted octanol–water partition coefficient (Wildman–Crippen LogP) is 0.650. The lowest BCUT2D eigenvalue weighted by atomic mass is 10.2. The average Bonchev–Trinajstić information content (AvgIpc) is 2.75. The Morgan fingerprint density at radius 1 is 1.39 bits per heavy atom. The summed E-state index contributed by atoms with van der Waals surface area (Å²) in [4.78, 5) is 34.9. The fourth-order valence-electron chi connectivity index (χ4n) is 2.08. The monoisotopic (exact) mass is 321 g/mol. The molecule has 2 rings (SSSR count). The Bertz CT molecular complexity index is 685. The SMILES string of the molecule is CCOc1cc(NC2=CC(=O)N(CCO)C2=O)ccc1[N+](=O)[O-]. The van der Waals surface area contributed by atoms with Gasteiger partial charge >= 0.3 is 5.69 Å². The molecule has 0 bridgehead atoms. The molecule has 9 nitrogen and oxygen atoms in total. The highest BCUT2D eigenvalue weighted by atomic mass is 16.6. The highest BCUT2D eigenvalue weighted by Gasteiger charge is 2.30. The number of benzene rings is 1. The molecule has 0 unspecified atom stereocenters. The minimum atomic E-state index is -0.569. The van der Waals surface area contributed by atoms with E-state index in [9.17, 15) is 19.7 Å². The average molecular weight is 321 g/mol. The largest absolute Gasteiger partial charge is 0.487 e. The maximum atomic E-state index is 12.0. The van der Waals surface area contributed by atoms with Crippen LogP contribution in [0.1, 0.15) is 6.92 Å². The van der Waals surface area contributed by atoms with Gasteiger partial charge in [-0.2, -0.15) is 0 Å². The molecule has 1 aliphatic heterocycles. The number of anilines is 1. The summed E-state index contributed by atoms with van der Waals surface area (Å²) in [5.41, 5.74) is 0.208. The number of aliphatic hydroxyl groups is 1. The van der Waals surface area contributed by atoms with Gasteiger partial charge in [-0.25, -0.2) is 0 Å². The molecular formula is C14H15N3O6. The highest BCUT2D eigenvalue weighted by Crippen LogP contribution is 2.31. The predicted molar refractivity (Wildman–Crippen MR) is 79.8 cm³/mol. The fraction of sp³-hybridized carbons (Fsp3) is 0.286. The van der Waals surface area contributed by atoms with E-state index in [1.54, 1.807) is 6.92 Å². The van der Waals surface area contributed by atoms with E-state index in [0.717, 1.165) is 11.0 Å². The number of imide groups is 1. The number of carbonyl (C=O) groups excluding carboxylic acids is 2. The van der Waals surface area contributed by atoms with Gasteiger partial charge in [0.1, 0.15) is 5.70 Å². The molecule has 1 aromatic rings. The number of nitrogens with zero attached hydrogens (tertiary/aromatic N) is 2. The molecule has 0 atom stereocenters. The van der Waals surface area contributed by atoms with E-state index in [4.69, 9.17) is 9.84 Å². The number of nitro benzene ring substituents is 1. The standard InChI is InChI=1S/C14H15N3O6/c1-2-23-12-7-9(3-4-11(12)17(21)22)15-10-8-13(19)16(5-6-18)14(10)20/h3-4,7-8,15,18H,2,5-6H2,1H3. The van der Waals surface area contributed by atoms with Crippen LogP contribution >= 0.6 is 0 Å². The van der Waals surface area contributed by atoms with E-state index in [1.807, 2.05) is 0 Å². The van der Waals surface area contributed by atoms with Crippen molar-refractivity contribution in [2.45, 2.75) is 6.92 Å². The zero-order chi connectivity index (χ0) is 17.0. The van der Waals surface area contributed by atoms with Crippen molar-refractivity contribution in [1.29, 1.82) is 0 Å². The van der Waals surface area contributed by atoms with Crippen molar-refractivity contribution in [1.82, 2.24) is 4.90 Å². The fourth-order valence-corrected chi connectivity index (χ4v) is 2.08. The van der Waals surface area contributed by atoms with Gasteiger partial charge in [0.05, 0.1) is 24.7 Å². The topological polar surface area (TPSA) is 122 Å². The molecule has 122 valence electrons. The van der Waals surface area contributed by atoms with Crippen molar-refractivity contribution < 1.29 is 24.4 Å². The van der Waals surface area contributed by atoms with Gasteiger partial charge in [0.25, 0.3) is 11.8 Å². The summed E-state index contributed by atoms with van der Waals surface area (Å²) in [7, 11) is 0. The Balaban J connectivity index is 2.22. The zero-order valence-corrected chi connectivity index (χ0v) is 12.3. The van der Waals surface area contributed by atoms with Crippen molar-refractivity contribution >= 4 is 23.2 Å². The number of amides is 2. The Kier molecular flexibility index (Phi) is 4.91. The summed E-state index contributed by atoms with van der Waals surface area (Å²) in [5, 5.41) is 22.5. The van der Waals surface area contributed by atoms with E-state index in [2.05, 4.69) is 5.32 Å². The van der Waals surface area contributed by atoms with Crippen molar-refractivity contribution in [3.05, 3.63) is 40.1 Å². The molecule has 0 spiro atoms. The minimum absolute atomic E-state index is 0.0275. The van der Waals surface area contributed by atoms with E-state index in [1.165, 1.54) is 18.2 Å². The summed E-state index contributed by atoms with van der Waals surface area (Å²) in [5.74, 6) is -1.04. The van der Waals surface area contributed by atoms with Gasteiger partial charge in [0, 0.05) is 23.9 Å². The number of ether oxygens (including phenoxy) is 1. The summed E-state index contributed by atoms with van der Waals surface area (Å²) < 4.78 is 5.21. The quantitative estimate of drug-likeness (QED) is 0.429. The lowest BCUT2D eigenvalue weighted by molar-refractivity contribution is -0.385. The van der Waals surface area contributed by atoms with Crippen LogP contribution in [-0.4, -0.2) is 46.5 Å². The molecule has 0 aromatic heterocycles. The maximum absolute atomic E-state index is 12.0. The van der Waals surface area contributed by atoms with E-state index in [-0.39, 0.29) is 36.9 Å². The molecule has 1 aliphatic rings. The molecule has 0 saturated carbocycles. The molecule has 23 heavy (non-hydrogen) atoms. The van der Waals surface area contributed by atoms with Gasteiger partial charge in [-0.05, 0) is 13.0 Å². The third kappa shape index (κ3) is 3.46. The molecule has 2 N–H and O–H groups in total. The van der Waals surface area contributed by atoms with Gasteiger partial charge in [-0.3, -0.25) is 24.6 Å². The second-order valence-corrected chi connectivity index (χ2v) is 4.57. The summed E-state index contributed by atoms with van der Waals surface area (Å²) >= 11 is 0. The normalized spacial score (nSPS) is 14.0. The van der Waals surface area contributed by atoms with E-state index < -0.39 is 16.7 Å². The number of hydrogen-bond donors (Lipinski definition) is 2. The summed E-state index contributed by atoms with van der Waals surface area (Å²) in [6, 6.07) is 4.05. The third-order valence-corrected chi connectivity index (χ3v) is 3.07. The number of rotatable bonds is 7. The molecule has 0 fully saturated rings. The second-order valence-electron chi connectivity index (χ2n) is 4.57. The van der Waals surface area contributed by atoms with Crippen molar-refractivity contribution in [3.8, 4) is 5.75 Å². The first-order chi connectivity index (χ1) is 11.0. The van der Waals surface area contributed by atoms with Crippen molar-refractivity contribution in [3.63, 3.8) is 0 Å². The van der Waals surface area contributed by atoms with Crippen LogP contribution in [0.5, 0.6) is 5.75 Å². The smallest absolute Gasteiger partial charge is 0.311 e. The number of nitro groups is 1. The van der Waals surface area contributed by atoms with Crippen molar-refractivity contribution in [2.75, 3.05) is 25.1 Å². The molecule has 9 heteroatoms. The Hall–Kier alpha value is -2.94. The summed E-state index contributed by atoms with van der Waals surface area (Å²) in [6.45, 7) is 1.52. The third-order valence-electron chi connectivity index (χ3n) is 3.07. The van der Waals surface area contributed by atoms with Gasteiger partial charge in [-0.15, -0.1) is 0 Å². The van der Waals surface area contributed by atoms with Crippen LogP contribution in [0, 0.1) is 10.1 Å². The van der Waals surface area contributed by atoms with Crippen LogP contribution in [0.2, 0.25) is 0 Å². The number of hydrogen-bond acceptors (Lipinski definition) is 7. The first-order valence-corrected chi connectivity index (χ1v) is 6.84. The van der Waals surface area contributed by atoms with E-state index >= 15 is 0 Å². The number of carbonyl (C=O) groups is 2. The van der Waals surface area contributed by atoms with Crippen LogP contribution in [0.3, 0.4) is 0 Å². The van der Waals surface area contributed by atoms with Crippen LogP contribution < -0.4 is 10.1 Å². The van der Waals surface area contributed by atoms with Gasteiger partial charge in [0.15, 0.2) is 5.75 Å².